The standard InChI is InChI=1S/C13H23N3O2/c17-12(8-15-6-1-4-14-5-7-15)16-9-13(18,10-16)11-2-3-11/h11,14,18H,1-10H2. The Kier molecular flexibility index (Phi) is 3.30. The Labute approximate surface area is 108 Å². The summed E-state index contributed by atoms with van der Waals surface area (Å²) in [5, 5.41) is 13.5. The molecule has 0 unspecified atom stereocenters. The minimum absolute atomic E-state index is 0.183. The first-order valence-corrected chi connectivity index (χ1v) is 7.11. The summed E-state index contributed by atoms with van der Waals surface area (Å²) in [7, 11) is 0. The van der Waals surface area contributed by atoms with Gasteiger partial charge in [0.25, 0.3) is 0 Å². The Morgan fingerprint density at radius 1 is 1.28 bits per heavy atom. The Hall–Kier alpha value is -0.650. The molecule has 1 aliphatic carbocycles. The second kappa shape index (κ2) is 4.79. The van der Waals surface area contributed by atoms with E-state index in [0.29, 0.717) is 25.6 Å². The average molecular weight is 253 g/mol. The van der Waals surface area contributed by atoms with Crippen molar-refractivity contribution in [2.75, 3.05) is 45.8 Å². The van der Waals surface area contributed by atoms with E-state index in [9.17, 15) is 9.90 Å². The van der Waals surface area contributed by atoms with E-state index < -0.39 is 5.60 Å². The quantitative estimate of drug-likeness (QED) is 0.696. The molecule has 0 radical (unpaired) electrons. The van der Waals surface area contributed by atoms with Crippen molar-refractivity contribution < 1.29 is 9.90 Å². The van der Waals surface area contributed by atoms with E-state index in [0.717, 1.165) is 45.4 Å². The molecule has 5 nitrogen and oxygen atoms in total. The fourth-order valence-electron chi connectivity index (χ4n) is 3.02. The van der Waals surface area contributed by atoms with E-state index >= 15 is 0 Å². The lowest BCUT2D eigenvalue weighted by Crippen LogP contribution is -2.65. The van der Waals surface area contributed by atoms with Crippen molar-refractivity contribution >= 4 is 5.91 Å². The van der Waals surface area contributed by atoms with Gasteiger partial charge in [-0.25, -0.2) is 0 Å². The molecule has 0 aromatic rings. The van der Waals surface area contributed by atoms with Crippen LogP contribution in [0.5, 0.6) is 0 Å². The molecule has 3 fully saturated rings. The van der Waals surface area contributed by atoms with Gasteiger partial charge in [-0.05, 0) is 38.3 Å². The van der Waals surface area contributed by atoms with E-state index in [1.165, 1.54) is 0 Å². The third kappa shape index (κ3) is 2.53. The Morgan fingerprint density at radius 2 is 2.06 bits per heavy atom. The van der Waals surface area contributed by atoms with Crippen molar-refractivity contribution in [2.45, 2.75) is 24.9 Å². The number of nitrogens with zero attached hydrogens (tertiary/aromatic N) is 2. The van der Waals surface area contributed by atoms with Crippen LogP contribution in [0, 0.1) is 5.92 Å². The van der Waals surface area contributed by atoms with Crippen LogP contribution in [-0.4, -0.2) is 72.2 Å². The predicted molar refractivity (Wildman–Crippen MR) is 68.2 cm³/mol. The maximum absolute atomic E-state index is 12.1. The van der Waals surface area contributed by atoms with Crippen molar-refractivity contribution in [3.63, 3.8) is 0 Å². The third-order valence-corrected chi connectivity index (χ3v) is 4.41. The molecule has 2 N–H and O–H groups in total. The number of aliphatic hydroxyl groups is 1. The van der Waals surface area contributed by atoms with Crippen LogP contribution in [0.2, 0.25) is 0 Å². The molecule has 0 atom stereocenters. The van der Waals surface area contributed by atoms with Crippen molar-refractivity contribution in [1.29, 1.82) is 0 Å². The minimum Gasteiger partial charge on any atom is -0.386 e. The second-order valence-electron chi connectivity index (χ2n) is 6.01. The van der Waals surface area contributed by atoms with Gasteiger partial charge in [0.2, 0.25) is 5.91 Å². The SMILES string of the molecule is O=C(CN1CCCNCC1)N1CC(O)(C2CC2)C1. The van der Waals surface area contributed by atoms with Crippen molar-refractivity contribution in [2.24, 2.45) is 5.92 Å². The highest BCUT2D eigenvalue weighted by Crippen LogP contribution is 2.44. The highest BCUT2D eigenvalue weighted by molar-refractivity contribution is 5.79. The topological polar surface area (TPSA) is 55.8 Å². The van der Waals surface area contributed by atoms with Gasteiger partial charge in [0.15, 0.2) is 0 Å². The first-order valence-electron chi connectivity index (χ1n) is 7.11. The molecule has 1 saturated carbocycles. The zero-order valence-electron chi connectivity index (χ0n) is 10.9. The van der Waals surface area contributed by atoms with Crippen LogP contribution in [0.4, 0.5) is 0 Å². The lowest BCUT2D eigenvalue weighted by Gasteiger charge is -2.47. The van der Waals surface area contributed by atoms with E-state index in [4.69, 9.17) is 0 Å². The molecule has 3 rings (SSSR count). The summed E-state index contributed by atoms with van der Waals surface area (Å²) >= 11 is 0. The highest BCUT2D eigenvalue weighted by Gasteiger charge is 2.53. The van der Waals surface area contributed by atoms with Crippen molar-refractivity contribution in [1.82, 2.24) is 15.1 Å². The van der Waals surface area contributed by atoms with Crippen LogP contribution in [0.1, 0.15) is 19.3 Å². The molecular weight excluding hydrogens is 230 g/mol. The molecule has 5 heteroatoms. The second-order valence-corrected chi connectivity index (χ2v) is 6.01. The number of amides is 1. The van der Waals surface area contributed by atoms with Crippen LogP contribution in [0.15, 0.2) is 0 Å². The number of nitrogens with one attached hydrogen (secondary N) is 1. The Bertz CT molecular complexity index is 316. The zero-order chi connectivity index (χ0) is 12.6. The van der Waals surface area contributed by atoms with Crippen molar-refractivity contribution in [3.8, 4) is 0 Å². The highest BCUT2D eigenvalue weighted by atomic mass is 16.3. The molecule has 0 bridgehead atoms. The van der Waals surface area contributed by atoms with Gasteiger partial charge in [0.1, 0.15) is 5.60 Å². The average Bonchev–Trinajstić information content (AvgIpc) is 3.12. The molecule has 0 aromatic heterocycles. The summed E-state index contributed by atoms with van der Waals surface area (Å²) in [4.78, 5) is 16.1. The molecule has 18 heavy (non-hydrogen) atoms. The van der Waals surface area contributed by atoms with Gasteiger partial charge in [0, 0.05) is 13.1 Å². The fourth-order valence-corrected chi connectivity index (χ4v) is 3.02. The number of carbonyl (C=O) groups excluding carboxylic acids is 1. The zero-order valence-corrected chi connectivity index (χ0v) is 10.9. The monoisotopic (exact) mass is 253 g/mol. The van der Waals surface area contributed by atoms with Crippen LogP contribution in [-0.2, 0) is 4.79 Å². The molecular formula is C13H23N3O2. The number of likely N-dealkylation sites (tertiary alicyclic amines) is 1. The molecule has 102 valence electrons. The Balaban J connectivity index is 1.44. The summed E-state index contributed by atoms with van der Waals surface area (Å²) in [5.74, 6) is 0.645. The first kappa shape index (κ1) is 12.4. The molecule has 2 aliphatic heterocycles. The Morgan fingerprint density at radius 3 is 2.78 bits per heavy atom. The van der Waals surface area contributed by atoms with Crippen LogP contribution < -0.4 is 5.32 Å². The van der Waals surface area contributed by atoms with Gasteiger partial charge in [-0.2, -0.15) is 0 Å². The normalized spacial score (nSPS) is 28.6. The number of hydrogen-bond donors (Lipinski definition) is 2. The first-order chi connectivity index (χ1) is 8.67. The summed E-state index contributed by atoms with van der Waals surface area (Å²) in [6, 6.07) is 0. The number of rotatable bonds is 3. The number of β-amino-alcohol motifs (C(OH)–C–C–N with tert-alkyl or cyclic N) is 1. The van der Waals surface area contributed by atoms with Gasteiger partial charge in [-0.15, -0.1) is 0 Å². The third-order valence-electron chi connectivity index (χ3n) is 4.41. The maximum Gasteiger partial charge on any atom is 0.236 e. The molecule has 0 spiro atoms. The molecule has 3 aliphatic rings. The molecule has 2 heterocycles. The van der Waals surface area contributed by atoms with E-state index in [2.05, 4.69) is 10.2 Å². The summed E-state index contributed by atoms with van der Waals surface area (Å²) in [5.41, 5.74) is -0.546. The molecule has 0 aromatic carbocycles. The smallest absolute Gasteiger partial charge is 0.236 e. The van der Waals surface area contributed by atoms with Gasteiger partial charge in [-0.1, -0.05) is 0 Å². The van der Waals surface area contributed by atoms with Crippen LogP contribution in [0.3, 0.4) is 0 Å². The lowest BCUT2D eigenvalue weighted by atomic mass is 9.88. The molecule has 2 saturated heterocycles. The van der Waals surface area contributed by atoms with Gasteiger partial charge >= 0.3 is 0 Å². The lowest BCUT2D eigenvalue weighted by molar-refractivity contribution is -0.160. The van der Waals surface area contributed by atoms with E-state index in [1.54, 1.807) is 0 Å². The predicted octanol–water partition coefficient (Wildman–Crippen LogP) is -0.735. The maximum atomic E-state index is 12.1. The largest absolute Gasteiger partial charge is 0.386 e. The van der Waals surface area contributed by atoms with Gasteiger partial charge < -0.3 is 15.3 Å². The van der Waals surface area contributed by atoms with Crippen LogP contribution >= 0.6 is 0 Å². The molecule has 1 amide bonds. The minimum atomic E-state index is -0.546. The van der Waals surface area contributed by atoms with Crippen LogP contribution in [0.25, 0.3) is 0 Å². The fraction of sp³-hybridized carbons (Fsp3) is 0.923. The number of hydrogen-bond acceptors (Lipinski definition) is 4. The summed E-state index contributed by atoms with van der Waals surface area (Å²) in [6.45, 7) is 5.61. The van der Waals surface area contributed by atoms with E-state index in [-0.39, 0.29) is 5.91 Å². The van der Waals surface area contributed by atoms with E-state index in [1.807, 2.05) is 4.90 Å². The summed E-state index contributed by atoms with van der Waals surface area (Å²) in [6.07, 6.45) is 3.38. The summed E-state index contributed by atoms with van der Waals surface area (Å²) < 4.78 is 0. The van der Waals surface area contributed by atoms with Gasteiger partial charge in [0.05, 0.1) is 19.6 Å². The number of carbonyl (C=O) groups is 1. The van der Waals surface area contributed by atoms with Crippen molar-refractivity contribution in [3.05, 3.63) is 0 Å². The van der Waals surface area contributed by atoms with Gasteiger partial charge in [-0.3, -0.25) is 9.69 Å².